The van der Waals surface area contributed by atoms with Gasteiger partial charge < -0.3 is 0 Å². The molecule has 0 atom stereocenters. The van der Waals surface area contributed by atoms with Crippen LogP contribution in [0.1, 0.15) is 6.92 Å². The Hall–Kier alpha value is -1.19. The van der Waals surface area contributed by atoms with Crippen molar-refractivity contribution in [1.82, 2.24) is 0 Å². The third kappa shape index (κ3) is 1.51. The highest BCUT2D eigenvalue weighted by Gasteiger charge is 2.03. The Morgan fingerprint density at radius 1 is 1.75 bits per heavy atom. The Bertz CT molecular complexity index is 138. The monoisotopic (exact) mass is 115 g/mol. The number of rotatable bonds is 2. The first-order valence-corrected chi connectivity index (χ1v) is 1.98. The van der Waals surface area contributed by atoms with Crippen molar-refractivity contribution in [2.75, 3.05) is 0 Å². The SMILES string of the molecule is C/C=C(/C=O)[N+](=O)[O-]. The molecular weight excluding hydrogens is 110 g/mol. The lowest BCUT2D eigenvalue weighted by atomic mass is 10.5. The van der Waals surface area contributed by atoms with Crippen LogP contribution in [0.5, 0.6) is 0 Å². The molecule has 0 unspecified atom stereocenters. The fourth-order valence-electron chi connectivity index (χ4n) is 0.216. The van der Waals surface area contributed by atoms with Crippen molar-refractivity contribution in [1.29, 1.82) is 0 Å². The number of carbonyl (C=O) groups excluding carboxylic acids is 1. The van der Waals surface area contributed by atoms with E-state index in [0.29, 0.717) is 0 Å². The molecule has 0 aliphatic carbocycles. The predicted octanol–water partition coefficient (Wildman–Crippen LogP) is 0.366. The van der Waals surface area contributed by atoms with Crippen LogP contribution >= 0.6 is 0 Å². The van der Waals surface area contributed by atoms with Crippen molar-refractivity contribution in [3.8, 4) is 0 Å². The summed E-state index contributed by atoms with van der Waals surface area (Å²) in [6, 6.07) is 0. The second kappa shape index (κ2) is 2.90. The molecule has 0 rings (SSSR count). The smallest absolute Gasteiger partial charge is 0.291 e. The molecular formula is C4H5NO3. The van der Waals surface area contributed by atoms with Crippen molar-refractivity contribution >= 4 is 6.29 Å². The molecule has 44 valence electrons. The van der Waals surface area contributed by atoms with E-state index in [9.17, 15) is 14.9 Å². The van der Waals surface area contributed by atoms with Gasteiger partial charge in [-0.1, -0.05) is 0 Å². The molecule has 0 aromatic carbocycles. The number of aldehydes is 1. The lowest BCUT2D eigenvalue weighted by Crippen LogP contribution is -1.97. The Balaban J connectivity index is 4.13. The summed E-state index contributed by atoms with van der Waals surface area (Å²) >= 11 is 0. The number of hydrogen-bond donors (Lipinski definition) is 0. The lowest BCUT2D eigenvalue weighted by molar-refractivity contribution is -0.417. The highest BCUT2D eigenvalue weighted by molar-refractivity contribution is 5.69. The lowest BCUT2D eigenvalue weighted by Gasteiger charge is -1.80. The number of nitrogens with zero attached hydrogens (tertiary/aromatic N) is 1. The molecule has 4 nitrogen and oxygen atoms in total. The Labute approximate surface area is 46.0 Å². The van der Waals surface area contributed by atoms with Crippen LogP contribution in [0.4, 0.5) is 0 Å². The van der Waals surface area contributed by atoms with Gasteiger partial charge in [0.25, 0.3) is 0 Å². The zero-order chi connectivity index (χ0) is 6.57. The van der Waals surface area contributed by atoms with E-state index in [1.807, 2.05) is 0 Å². The Kier molecular flexibility index (Phi) is 2.47. The van der Waals surface area contributed by atoms with Gasteiger partial charge in [0, 0.05) is 0 Å². The van der Waals surface area contributed by atoms with Gasteiger partial charge in [0.2, 0.25) is 6.29 Å². The van der Waals surface area contributed by atoms with E-state index < -0.39 is 10.6 Å². The van der Waals surface area contributed by atoms with Gasteiger partial charge >= 0.3 is 5.70 Å². The predicted molar refractivity (Wildman–Crippen MR) is 26.8 cm³/mol. The van der Waals surface area contributed by atoms with E-state index in [1.54, 1.807) is 0 Å². The normalized spacial score (nSPS) is 10.9. The summed E-state index contributed by atoms with van der Waals surface area (Å²) in [5.41, 5.74) is -0.398. The summed E-state index contributed by atoms with van der Waals surface area (Å²) in [4.78, 5) is 18.6. The van der Waals surface area contributed by atoms with Crippen LogP contribution in [0.15, 0.2) is 11.8 Å². The Morgan fingerprint density at radius 2 is 2.25 bits per heavy atom. The van der Waals surface area contributed by atoms with E-state index >= 15 is 0 Å². The van der Waals surface area contributed by atoms with Gasteiger partial charge in [0.05, 0.1) is 4.92 Å². The van der Waals surface area contributed by atoms with E-state index in [2.05, 4.69) is 0 Å². The molecule has 0 saturated carbocycles. The minimum atomic E-state index is -0.729. The van der Waals surface area contributed by atoms with E-state index in [-0.39, 0.29) is 6.29 Å². The summed E-state index contributed by atoms with van der Waals surface area (Å²) < 4.78 is 0. The molecule has 0 aromatic rings. The second-order valence-electron chi connectivity index (χ2n) is 1.09. The summed E-state index contributed by atoms with van der Waals surface area (Å²) in [7, 11) is 0. The zero-order valence-corrected chi connectivity index (χ0v) is 4.33. The van der Waals surface area contributed by atoms with Crippen LogP contribution in [0.2, 0.25) is 0 Å². The molecule has 0 radical (unpaired) electrons. The van der Waals surface area contributed by atoms with Gasteiger partial charge in [-0.15, -0.1) is 0 Å². The third-order valence-corrected chi connectivity index (χ3v) is 0.627. The molecule has 0 aromatic heterocycles. The number of hydrogen-bond acceptors (Lipinski definition) is 3. The van der Waals surface area contributed by atoms with Gasteiger partial charge in [-0.2, -0.15) is 0 Å². The second-order valence-corrected chi connectivity index (χ2v) is 1.09. The number of allylic oxidation sites excluding steroid dienone is 2. The van der Waals surface area contributed by atoms with Crippen molar-refractivity contribution in [2.24, 2.45) is 0 Å². The maximum absolute atomic E-state index is 9.67. The van der Waals surface area contributed by atoms with Crippen molar-refractivity contribution in [3.05, 3.63) is 21.9 Å². The maximum Gasteiger partial charge on any atom is 0.304 e. The van der Waals surface area contributed by atoms with Gasteiger partial charge in [-0.05, 0) is 13.0 Å². The van der Waals surface area contributed by atoms with Gasteiger partial charge in [0.1, 0.15) is 0 Å². The summed E-state index contributed by atoms with van der Waals surface area (Å²) in [5.74, 6) is 0. The molecule has 0 fully saturated rings. The molecule has 8 heavy (non-hydrogen) atoms. The number of carbonyl (C=O) groups is 1. The largest absolute Gasteiger partial charge is 0.304 e. The molecule has 0 amide bonds. The van der Waals surface area contributed by atoms with Crippen LogP contribution in [0.25, 0.3) is 0 Å². The minimum Gasteiger partial charge on any atom is -0.291 e. The fourth-order valence-corrected chi connectivity index (χ4v) is 0.216. The molecule has 0 saturated heterocycles. The standard InChI is InChI=1S/C4H5NO3/c1-2-4(3-6)5(7)8/h2-3H,1H3/b4-2-. The van der Waals surface area contributed by atoms with Gasteiger partial charge in [0.15, 0.2) is 0 Å². The van der Waals surface area contributed by atoms with Crippen LogP contribution in [-0.4, -0.2) is 11.2 Å². The average Bonchev–Trinajstić information content (AvgIpc) is 1.69. The van der Waals surface area contributed by atoms with E-state index in [4.69, 9.17) is 0 Å². The highest BCUT2D eigenvalue weighted by Crippen LogP contribution is 1.86. The molecule has 4 heteroatoms. The molecule has 0 aliphatic heterocycles. The van der Waals surface area contributed by atoms with Crippen molar-refractivity contribution in [2.45, 2.75) is 6.92 Å². The van der Waals surface area contributed by atoms with Crippen molar-refractivity contribution in [3.63, 3.8) is 0 Å². The first-order valence-electron chi connectivity index (χ1n) is 1.98. The molecule has 0 spiro atoms. The van der Waals surface area contributed by atoms with Crippen LogP contribution in [0.3, 0.4) is 0 Å². The zero-order valence-electron chi connectivity index (χ0n) is 4.33. The van der Waals surface area contributed by atoms with Crippen molar-refractivity contribution < 1.29 is 9.72 Å². The quantitative estimate of drug-likeness (QED) is 0.226. The van der Waals surface area contributed by atoms with E-state index in [0.717, 1.165) is 6.08 Å². The molecule has 0 bridgehead atoms. The Morgan fingerprint density at radius 3 is 2.25 bits per heavy atom. The van der Waals surface area contributed by atoms with Gasteiger partial charge in [-0.25, -0.2) is 0 Å². The van der Waals surface area contributed by atoms with Crippen LogP contribution in [-0.2, 0) is 4.79 Å². The molecule has 0 N–H and O–H groups in total. The average molecular weight is 115 g/mol. The summed E-state index contributed by atoms with van der Waals surface area (Å²) in [6.45, 7) is 1.44. The summed E-state index contributed by atoms with van der Waals surface area (Å²) in [6.07, 6.45) is 1.35. The third-order valence-electron chi connectivity index (χ3n) is 0.627. The highest BCUT2D eigenvalue weighted by atomic mass is 16.6. The summed E-state index contributed by atoms with van der Waals surface area (Å²) in [5, 5.41) is 9.67. The fraction of sp³-hybridized carbons (Fsp3) is 0.250. The topological polar surface area (TPSA) is 60.2 Å². The first-order chi connectivity index (χ1) is 3.72. The molecule has 0 heterocycles. The van der Waals surface area contributed by atoms with Gasteiger partial charge in [-0.3, -0.25) is 14.9 Å². The van der Waals surface area contributed by atoms with E-state index in [1.165, 1.54) is 6.92 Å². The number of nitro groups is 1. The van der Waals surface area contributed by atoms with Crippen LogP contribution < -0.4 is 0 Å². The first kappa shape index (κ1) is 6.81. The van der Waals surface area contributed by atoms with Crippen LogP contribution in [0, 0.1) is 10.1 Å². The maximum atomic E-state index is 9.67. The molecule has 0 aliphatic rings. The minimum absolute atomic E-state index is 0.208.